The number of aromatic nitrogens is 1. The van der Waals surface area contributed by atoms with Crippen molar-refractivity contribution >= 4 is 28.2 Å². The monoisotopic (exact) mass is 312 g/mol. The molecule has 0 saturated heterocycles. The molecule has 0 aliphatic heterocycles. The van der Waals surface area contributed by atoms with Crippen LogP contribution in [0.1, 0.15) is 27.8 Å². The first-order chi connectivity index (χ1) is 9.95. The Morgan fingerprint density at radius 1 is 1.29 bits per heavy atom. The number of rotatable bonds is 5. The number of nitrogens with one attached hydrogen (secondary N) is 1. The zero-order chi connectivity index (χ0) is 15.4. The summed E-state index contributed by atoms with van der Waals surface area (Å²) in [6, 6.07) is 5.24. The number of carbonyl (C=O) groups excluding carboxylic acids is 2. The molecule has 1 aromatic carbocycles. The van der Waals surface area contributed by atoms with E-state index in [2.05, 4.69) is 15.0 Å². The quantitative estimate of drug-likeness (QED) is 0.861. The molecule has 0 aliphatic rings. The van der Waals surface area contributed by atoms with Gasteiger partial charge in [-0.05, 0) is 24.3 Å². The lowest BCUT2D eigenvalue weighted by Crippen LogP contribution is -2.12. The van der Waals surface area contributed by atoms with E-state index >= 15 is 0 Å². The Bertz CT molecular complexity index is 656. The number of amides is 1. The standard InChI is InChI=1S/C13H10F2N2O3S/c1-7(18)10-6-21-13(16-10)17-11(19)8-2-4-9(5-3-8)20-12(14)15/h2-6,12H,1H3,(H,16,17,19). The minimum absolute atomic E-state index is 0.0327. The number of benzene rings is 1. The van der Waals surface area contributed by atoms with Gasteiger partial charge in [0.05, 0.1) is 0 Å². The molecule has 2 aromatic rings. The number of alkyl halides is 2. The number of ketones is 1. The highest BCUT2D eigenvalue weighted by molar-refractivity contribution is 7.14. The maximum absolute atomic E-state index is 12.0. The summed E-state index contributed by atoms with van der Waals surface area (Å²) in [5.41, 5.74) is 0.534. The Hall–Kier alpha value is -2.35. The first-order valence-corrected chi connectivity index (χ1v) is 6.66. The van der Waals surface area contributed by atoms with E-state index in [0.29, 0.717) is 0 Å². The van der Waals surface area contributed by atoms with Gasteiger partial charge in [-0.25, -0.2) is 4.98 Å². The molecule has 0 fully saturated rings. The molecule has 1 aromatic heterocycles. The predicted octanol–water partition coefficient (Wildman–Crippen LogP) is 3.20. The lowest BCUT2D eigenvalue weighted by atomic mass is 10.2. The fourth-order valence-corrected chi connectivity index (χ4v) is 2.19. The normalized spacial score (nSPS) is 10.5. The molecule has 21 heavy (non-hydrogen) atoms. The lowest BCUT2D eigenvalue weighted by molar-refractivity contribution is -0.0498. The number of ether oxygens (including phenoxy) is 1. The first kappa shape index (κ1) is 15.0. The van der Waals surface area contributed by atoms with Gasteiger partial charge in [0.25, 0.3) is 5.91 Å². The van der Waals surface area contributed by atoms with Crippen molar-refractivity contribution < 1.29 is 23.1 Å². The molecule has 0 saturated carbocycles. The largest absolute Gasteiger partial charge is 0.435 e. The summed E-state index contributed by atoms with van der Waals surface area (Å²) in [5, 5.41) is 4.35. The van der Waals surface area contributed by atoms with Crippen molar-refractivity contribution in [3.8, 4) is 5.75 Å². The van der Waals surface area contributed by atoms with Crippen molar-refractivity contribution in [1.82, 2.24) is 4.98 Å². The van der Waals surface area contributed by atoms with Gasteiger partial charge in [0.2, 0.25) is 0 Å². The van der Waals surface area contributed by atoms with Gasteiger partial charge in [0.15, 0.2) is 10.9 Å². The summed E-state index contributed by atoms with van der Waals surface area (Å²) in [4.78, 5) is 27.0. The van der Waals surface area contributed by atoms with E-state index in [9.17, 15) is 18.4 Å². The third-order valence-corrected chi connectivity index (χ3v) is 3.18. The molecule has 0 radical (unpaired) electrons. The Balaban J connectivity index is 2.04. The fraction of sp³-hybridized carbons (Fsp3) is 0.154. The number of halogens is 2. The third-order valence-electron chi connectivity index (χ3n) is 2.43. The van der Waals surface area contributed by atoms with E-state index < -0.39 is 12.5 Å². The SMILES string of the molecule is CC(=O)c1csc(NC(=O)c2ccc(OC(F)F)cc2)n1. The third kappa shape index (κ3) is 4.06. The molecule has 5 nitrogen and oxygen atoms in total. The summed E-state index contributed by atoms with van der Waals surface area (Å²) in [7, 11) is 0. The van der Waals surface area contributed by atoms with Crippen molar-refractivity contribution in [3.05, 3.63) is 40.9 Å². The van der Waals surface area contributed by atoms with E-state index in [1.807, 2.05) is 0 Å². The number of nitrogens with zero attached hydrogens (tertiary/aromatic N) is 1. The minimum atomic E-state index is -2.91. The van der Waals surface area contributed by atoms with Crippen molar-refractivity contribution in [2.45, 2.75) is 13.5 Å². The summed E-state index contributed by atoms with van der Waals surface area (Å²) in [6.07, 6.45) is 0. The molecule has 8 heteroatoms. The Labute approximate surface area is 122 Å². The van der Waals surface area contributed by atoms with Crippen LogP contribution in [0.2, 0.25) is 0 Å². The second-order valence-electron chi connectivity index (χ2n) is 3.95. The van der Waals surface area contributed by atoms with Gasteiger partial charge < -0.3 is 4.74 Å². The van der Waals surface area contributed by atoms with Crippen LogP contribution in [0.15, 0.2) is 29.6 Å². The molecular weight excluding hydrogens is 302 g/mol. The van der Waals surface area contributed by atoms with Crippen molar-refractivity contribution in [2.75, 3.05) is 5.32 Å². The molecular formula is C13H10F2N2O3S. The van der Waals surface area contributed by atoms with Crippen LogP contribution in [0.4, 0.5) is 13.9 Å². The molecule has 1 N–H and O–H groups in total. The molecule has 1 heterocycles. The van der Waals surface area contributed by atoms with Crippen molar-refractivity contribution in [1.29, 1.82) is 0 Å². The van der Waals surface area contributed by atoms with E-state index in [4.69, 9.17) is 0 Å². The van der Waals surface area contributed by atoms with E-state index in [0.717, 1.165) is 11.3 Å². The molecule has 0 aliphatic carbocycles. The van der Waals surface area contributed by atoms with Crippen LogP contribution in [-0.4, -0.2) is 23.3 Å². The van der Waals surface area contributed by atoms with Crippen LogP contribution in [0.3, 0.4) is 0 Å². The Kier molecular flexibility index (Phi) is 4.59. The molecule has 0 unspecified atom stereocenters. The van der Waals surface area contributed by atoms with Gasteiger partial charge in [-0.3, -0.25) is 14.9 Å². The van der Waals surface area contributed by atoms with E-state index in [-0.39, 0.29) is 27.9 Å². The molecule has 1 amide bonds. The highest BCUT2D eigenvalue weighted by Crippen LogP contribution is 2.18. The number of Topliss-reactive ketones (excluding diaryl/α,β-unsaturated/α-hetero) is 1. The van der Waals surface area contributed by atoms with Crippen LogP contribution < -0.4 is 10.1 Å². The summed E-state index contributed by atoms with van der Waals surface area (Å²) in [5.74, 6) is -0.682. The minimum Gasteiger partial charge on any atom is -0.435 e. The van der Waals surface area contributed by atoms with Gasteiger partial charge in [0, 0.05) is 17.9 Å². The first-order valence-electron chi connectivity index (χ1n) is 5.78. The molecule has 0 atom stereocenters. The van der Waals surface area contributed by atoms with Crippen LogP contribution >= 0.6 is 11.3 Å². The van der Waals surface area contributed by atoms with Gasteiger partial charge in [-0.2, -0.15) is 8.78 Å². The smallest absolute Gasteiger partial charge is 0.387 e. The zero-order valence-electron chi connectivity index (χ0n) is 10.8. The predicted molar refractivity (Wildman–Crippen MR) is 73.1 cm³/mol. The van der Waals surface area contributed by atoms with Crippen LogP contribution in [0, 0.1) is 0 Å². The Morgan fingerprint density at radius 2 is 1.95 bits per heavy atom. The van der Waals surface area contributed by atoms with Gasteiger partial charge >= 0.3 is 6.61 Å². The van der Waals surface area contributed by atoms with Crippen LogP contribution in [0.5, 0.6) is 5.75 Å². The van der Waals surface area contributed by atoms with Crippen LogP contribution in [0.25, 0.3) is 0 Å². The second-order valence-corrected chi connectivity index (χ2v) is 4.81. The van der Waals surface area contributed by atoms with Crippen molar-refractivity contribution in [2.24, 2.45) is 0 Å². The Morgan fingerprint density at radius 3 is 2.48 bits per heavy atom. The van der Waals surface area contributed by atoms with Crippen LogP contribution in [-0.2, 0) is 0 Å². The van der Waals surface area contributed by atoms with E-state index in [1.54, 1.807) is 0 Å². The molecule has 0 bridgehead atoms. The van der Waals surface area contributed by atoms with Gasteiger partial charge in [0.1, 0.15) is 11.4 Å². The van der Waals surface area contributed by atoms with E-state index in [1.165, 1.54) is 36.6 Å². The highest BCUT2D eigenvalue weighted by Gasteiger charge is 2.11. The summed E-state index contributed by atoms with van der Waals surface area (Å²) in [6.45, 7) is -1.53. The average molecular weight is 312 g/mol. The van der Waals surface area contributed by atoms with Gasteiger partial charge in [-0.15, -0.1) is 11.3 Å². The lowest BCUT2D eigenvalue weighted by Gasteiger charge is -2.05. The number of hydrogen-bond acceptors (Lipinski definition) is 5. The summed E-state index contributed by atoms with van der Waals surface area (Å²) < 4.78 is 28.2. The molecule has 0 spiro atoms. The number of anilines is 1. The zero-order valence-corrected chi connectivity index (χ0v) is 11.6. The topological polar surface area (TPSA) is 68.3 Å². The number of thiazole rings is 1. The summed E-state index contributed by atoms with van der Waals surface area (Å²) >= 11 is 1.12. The maximum atomic E-state index is 12.0. The maximum Gasteiger partial charge on any atom is 0.387 e. The number of carbonyl (C=O) groups is 2. The van der Waals surface area contributed by atoms with Crippen molar-refractivity contribution in [3.63, 3.8) is 0 Å². The highest BCUT2D eigenvalue weighted by atomic mass is 32.1. The molecule has 2 rings (SSSR count). The van der Waals surface area contributed by atoms with Gasteiger partial charge in [-0.1, -0.05) is 0 Å². The number of hydrogen-bond donors (Lipinski definition) is 1. The fourth-order valence-electron chi connectivity index (χ4n) is 1.45. The second kappa shape index (κ2) is 6.40. The average Bonchev–Trinajstić information content (AvgIpc) is 2.87. The molecule has 110 valence electrons.